The Bertz CT molecular complexity index is 1220. The predicted octanol–water partition coefficient (Wildman–Crippen LogP) is 1.61. The Morgan fingerprint density at radius 1 is 1.31 bits per heavy atom. The second-order valence-electron chi connectivity index (χ2n) is 6.79. The van der Waals surface area contributed by atoms with E-state index in [0.29, 0.717) is 4.57 Å². The van der Waals surface area contributed by atoms with Crippen LogP contribution < -0.4 is 11.4 Å². The van der Waals surface area contributed by atoms with Crippen LogP contribution in [0, 0.1) is 16.5 Å². The van der Waals surface area contributed by atoms with Gasteiger partial charge in [-0.1, -0.05) is 23.7 Å². The van der Waals surface area contributed by atoms with E-state index in [2.05, 4.69) is 5.16 Å². The Labute approximate surface area is 173 Å². The van der Waals surface area contributed by atoms with Crippen molar-refractivity contribution in [1.82, 2.24) is 13.7 Å². The highest BCUT2D eigenvalue weighted by Gasteiger charge is 2.49. The molecule has 2 unspecified atom stereocenters. The van der Waals surface area contributed by atoms with Crippen LogP contribution in [0.25, 0.3) is 5.69 Å². The van der Waals surface area contributed by atoms with Crippen molar-refractivity contribution in [3.8, 4) is 5.69 Å². The van der Waals surface area contributed by atoms with E-state index < -0.39 is 34.7 Å². The molecular weight excluding hydrogens is 427 g/mol. The monoisotopic (exact) mass is 442 g/mol. The average Bonchev–Trinajstić information content (AvgIpc) is 2.96. The molecular formula is C17H16ClFN4O5S. The van der Waals surface area contributed by atoms with Gasteiger partial charge in [0.25, 0.3) is 0 Å². The molecule has 1 aliphatic heterocycles. The van der Waals surface area contributed by atoms with E-state index >= 15 is 0 Å². The average molecular weight is 443 g/mol. The van der Waals surface area contributed by atoms with Gasteiger partial charge in [0.15, 0.2) is 4.77 Å². The number of hydrogen-bond acceptors (Lipinski definition) is 6. The SMILES string of the molecule is CC1C(c2cc(-n3c(=O)n(C)c(=S)n(C)c3=O)c(F)cc2Cl)=NOC1(C)C(=O)O. The van der Waals surface area contributed by atoms with E-state index in [9.17, 15) is 23.9 Å². The van der Waals surface area contributed by atoms with E-state index in [-0.39, 0.29) is 26.8 Å². The van der Waals surface area contributed by atoms with Gasteiger partial charge in [-0.2, -0.15) is 0 Å². The third-order valence-corrected chi connectivity index (χ3v) is 5.94. The zero-order valence-electron chi connectivity index (χ0n) is 15.8. The maximum atomic E-state index is 14.7. The van der Waals surface area contributed by atoms with Crippen LogP contribution in [0.15, 0.2) is 26.9 Å². The number of carboxylic acid groups (broad SMARTS) is 1. The molecule has 154 valence electrons. The minimum atomic E-state index is -1.64. The van der Waals surface area contributed by atoms with Crippen LogP contribution >= 0.6 is 23.8 Å². The smallest absolute Gasteiger partial charge is 0.351 e. The van der Waals surface area contributed by atoms with Crippen LogP contribution in [0.1, 0.15) is 19.4 Å². The molecule has 9 nitrogen and oxygen atoms in total. The molecule has 0 bridgehead atoms. The maximum absolute atomic E-state index is 14.7. The number of carbonyl (C=O) groups is 1. The molecule has 1 aliphatic rings. The minimum absolute atomic E-state index is 0.0368. The number of carboxylic acids is 1. The highest BCUT2D eigenvalue weighted by Crippen LogP contribution is 2.35. The molecule has 0 radical (unpaired) electrons. The lowest BCUT2D eigenvalue weighted by atomic mass is 9.85. The Balaban J connectivity index is 2.28. The van der Waals surface area contributed by atoms with Crippen molar-refractivity contribution in [3.05, 3.63) is 54.3 Å². The van der Waals surface area contributed by atoms with Crippen molar-refractivity contribution in [2.24, 2.45) is 25.2 Å². The first-order valence-electron chi connectivity index (χ1n) is 8.30. The third-order valence-electron chi connectivity index (χ3n) is 5.08. The molecule has 2 heterocycles. The van der Waals surface area contributed by atoms with Gasteiger partial charge in [-0.15, -0.1) is 0 Å². The van der Waals surface area contributed by atoms with Gasteiger partial charge in [-0.3, -0.25) is 9.13 Å². The zero-order chi connectivity index (χ0) is 21.8. The highest BCUT2D eigenvalue weighted by molar-refractivity contribution is 7.71. The molecule has 2 aromatic rings. The number of oxime groups is 1. The van der Waals surface area contributed by atoms with Gasteiger partial charge in [0.1, 0.15) is 5.82 Å². The summed E-state index contributed by atoms with van der Waals surface area (Å²) in [7, 11) is 2.70. The molecule has 0 aliphatic carbocycles. The van der Waals surface area contributed by atoms with Gasteiger partial charge >= 0.3 is 17.3 Å². The topological polar surface area (TPSA) is 108 Å². The van der Waals surface area contributed by atoms with E-state index in [1.807, 2.05) is 0 Å². The Hall–Kier alpha value is -2.79. The van der Waals surface area contributed by atoms with Crippen LogP contribution in [0.4, 0.5) is 4.39 Å². The van der Waals surface area contributed by atoms with Gasteiger partial charge in [0, 0.05) is 19.7 Å². The molecule has 0 spiro atoms. The van der Waals surface area contributed by atoms with Crippen LogP contribution in [0.5, 0.6) is 0 Å². The van der Waals surface area contributed by atoms with Crippen LogP contribution in [0.3, 0.4) is 0 Å². The summed E-state index contributed by atoms with van der Waals surface area (Å²) < 4.78 is 17.3. The van der Waals surface area contributed by atoms with Crippen molar-refractivity contribution in [2.75, 3.05) is 0 Å². The lowest BCUT2D eigenvalue weighted by molar-refractivity contribution is -0.163. The summed E-state index contributed by atoms with van der Waals surface area (Å²) in [6.07, 6.45) is 0. The highest BCUT2D eigenvalue weighted by atomic mass is 35.5. The number of hydrogen-bond donors (Lipinski definition) is 1. The Kier molecular flexibility index (Phi) is 4.99. The fraction of sp³-hybridized carbons (Fsp3) is 0.353. The summed E-state index contributed by atoms with van der Waals surface area (Å²) in [5, 5.41) is 13.2. The Morgan fingerprint density at radius 2 is 1.86 bits per heavy atom. The number of aliphatic carboxylic acids is 1. The Morgan fingerprint density at radius 3 is 2.34 bits per heavy atom. The van der Waals surface area contributed by atoms with Gasteiger partial charge in [0.2, 0.25) is 5.60 Å². The molecule has 0 fully saturated rings. The molecule has 2 atom stereocenters. The first-order chi connectivity index (χ1) is 13.4. The standard InChI is InChI=1S/C17H16ClFN4O5S/c1-7-12(20-28-17(7,2)13(24)25)8-5-11(10(19)6-9(8)18)23-14(26)21(3)16(29)22(4)15(23)27/h5-7H,1-4H3,(H,24,25). The second-order valence-corrected chi connectivity index (χ2v) is 7.56. The molecule has 1 aromatic heterocycles. The predicted molar refractivity (Wildman–Crippen MR) is 105 cm³/mol. The fourth-order valence-electron chi connectivity index (χ4n) is 2.95. The number of aromatic nitrogens is 3. The first kappa shape index (κ1) is 20.9. The molecule has 0 amide bonds. The van der Waals surface area contributed by atoms with Crippen molar-refractivity contribution < 1.29 is 19.1 Å². The maximum Gasteiger partial charge on any atom is 0.351 e. The largest absolute Gasteiger partial charge is 0.478 e. The summed E-state index contributed by atoms with van der Waals surface area (Å²) in [4.78, 5) is 41.8. The van der Waals surface area contributed by atoms with Gasteiger partial charge in [-0.05, 0) is 31.3 Å². The fourth-order valence-corrected chi connectivity index (χ4v) is 3.35. The molecule has 0 saturated heterocycles. The number of halogens is 2. The first-order valence-corrected chi connectivity index (χ1v) is 9.08. The molecule has 29 heavy (non-hydrogen) atoms. The van der Waals surface area contributed by atoms with Crippen LogP contribution in [0.2, 0.25) is 5.02 Å². The molecule has 12 heteroatoms. The van der Waals surface area contributed by atoms with Crippen molar-refractivity contribution in [1.29, 1.82) is 0 Å². The second kappa shape index (κ2) is 6.92. The van der Waals surface area contributed by atoms with Crippen molar-refractivity contribution in [2.45, 2.75) is 19.4 Å². The lowest BCUT2D eigenvalue weighted by Crippen LogP contribution is -2.44. The lowest BCUT2D eigenvalue weighted by Gasteiger charge is -2.22. The van der Waals surface area contributed by atoms with Crippen molar-refractivity contribution in [3.63, 3.8) is 0 Å². The third kappa shape index (κ3) is 3.01. The summed E-state index contributed by atoms with van der Waals surface area (Å²) in [5.74, 6) is -2.91. The van der Waals surface area contributed by atoms with Gasteiger partial charge in [0.05, 0.1) is 22.3 Å². The number of benzene rings is 1. The van der Waals surface area contributed by atoms with Gasteiger partial charge in [-0.25, -0.2) is 23.3 Å². The van der Waals surface area contributed by atoms with Gasteiger partial charge < -0.3 is 9.94 Å². The molecule has 0 saturated carbocycles. The van der Waals surface area contributed by atoms with E-state index in [1.165, 1.54) is 21.0 Å². The summed E-state index contributed by atoms with van der Waals surface area (Å²) in [6.45, 7) is 2.91. The number of nitrogens with zero attached hydrogens (tertiary/aromatic N) is 4. The van der Waals surface area contributed by atoms with Crippen molar-refractivity contribution >= 4 is 35.5 Å². The normalized spacial score (nSPS) is 21.0. The zero-order valence-corrected chi connectivity index (χ0v) is 17.3. The minimum Gasteiger partial charge on any atom is -0.478 e. The molecule has 1 N–H and O–H groups in total. The summed E-state index contributed by atoms with van der Waals surface area (Å²) in [5.41, 5.74) is -3.43. The quantitative estimate of drug-likeness (QED) is 0.723. The molecule has 3 rings (SSSR count). The van der Waals surface area contributed by atoms with E-state index in [0.717, 1.165) is 21.3 Å². The summed E-state index contributed by atoms with van der Waals surface area (Å²) in [6, 6.07) is 2.08. The molecule has 1 aromatic carbocycles. The van der Waals surface area contributed by atoms with Crippen LogP contribution in [-0.4, -0.2) is 36.1 Å². The van der Waals surface area contributed by atoms with E-state index in [1.54, 1.807) is 6.92 Å². The number of rotatable bonds is 3. The van der Waals surface area contributed by atoms with E-state index in [4.69, 9.17) is 28.7 Å². The van der Waals surface area contributed by atoms with Crippen LogP contribution in [-0.2, 0) is 23.7 Å². The summed E-state index contributed by atoms with van der Waals surface area (Å²) >= 11 is 11.2.